The number of carboxylic acids is 1. The Morgan fingerprint density at radius 3 is 1.33 bits per heavy atom. The van der Waals surface area contributed by atoms with Gasteiger partial charge in [0.2, 0.25) is 0 Å². The van der Waals surface area contributed by atoms with E-state index in [4.69, 9.17) is 48.7 Å². The summed E-state index contributed by atoms with van der Waals surface area (Å²) in [5.41, 5.74) is 1.87. The SMILES string of the molecule is CCCCCC1CCC(c2ccc(C(=O)O)cc2)CC1.CCCCCC1CCC(c2ccc(C(=O)Oc3cc(F)c(C#N)c(F)c3)cc2)CC1.ClCCl.N#Cc1c(F)cc(O)cc1F. The molecule has 4 aromatic carbocycles. The van der Waals surface area contributed by atoms with Crippen LogP contribution in [0.3, 0.4) is 0 Å². The molecule has 0 spiro atoms. The van der Waals surface area contributed by atoms with Gasteiger partial charge in [-0.15, -0.1) is 23.2 Å². The monoisotopic (exact) mass is 924 g/mol. The van der Waals surface area contributed by atoms with Crippen LogP contribution in [-0.2, 0) is 0 Å². The Hall–Kier alpha value is -5.10. The van der Waals surface area contributed by atoms with E-state index in [2.05, 4.69) is 13.8 Å². The molecular weight excluding hydrogens is 867 g/mol. The summed E-state index contributed by atoms with van der Waals surface area (Å²) in [7, 11) is 0. The maximum Gasteiger partial charge on any atom is 0.343 e. The molecule has 0 aliphatic heterocycles. The van der Waals surface area contributed by atoms with E-state index in [9.17, 15) is 27.2 Å². The summed E-state index contributed by atoms with van der Waals surface area (Å²) in [6, 6.07) is 20.6. The number of carbonyl (C=O) groups is 2. The van der Waals surface area contributed by atoms with E-state index < -0.39 is 52.1 Å². The maximum atomic E-state index is 13.7. The lowest BCUT2D eigenvalue weighted by Gasteiger charge is -2.29. The minimum absolute atomic E-state index is 0.194. The maximum absolute atomic E-state index is 13.7. The van der Waals surface area contributed by atoms with Crippen LogP contribution in [0.4, 0.5) is 17.6 Å². The zero-order valence-electron chi connectivity index (χ0n) is 36.5. The summed E-state index contributed by atoms with van der Waals surface area (Å²) < 4.78 is 57.4. The first-order chi connectivity index (χ1) is 30.8. The summed E-state index contributed by atoms with van der Waals surface area (Å²) in [6.07, 6.45) is 20.8. The normalized spacial score (nSPS) is 17.7. The number of nitrogens with zero attached hydrogens (tertiary/aromatic N) is 2. The van der Waals surface area contributed by atoms with E-state index >= 15 is 0 Å². The zero-order chi connectivity index (χ0) is 47.0. The van der Waals surface area contributed by atoms with Crippen LogP contribution in [0.25, 0.3) is 0 Å². The third-order valence-corrected chi connectivity index (χ3v) is 11.8. The molecule has 0 bridgehead atoms. The number of hydrogen-bond acceptors (Lipinski definition) is 6. The van der Waals surface area contributed by atoms with Crippen molar-refractivity contribution in [1.82, 2.24) is 0 Å². The van der Waals surface area contributed by atoms with Gasteiger partial charge in [-0.05, 0) is 110 Å². The number of esters is 1. The fourth-order valence-corrected chi connectivity index (χ4v) is 8.27. The highest BCUT2D eigenvalue weighted by molar-refractivity contribution is 6.40. The molecule has 344 valence electrons. The van der Waals surface area contributed by atoms with Crippen LogP contribution in [0, 0.1) is 57.8 Å². The number of nitriles is 2. The minimum Gasteiger partial charge on any atom is -0.508 e. The molecule has 64 heavy (non-hydrogen) atoms. The molecule has 13 heteroatoms. The van der Waals surface area contributed by atoms with Gasteiger partial charge in [0, 0.05) is 24.3 Å². The Bertz CT molecular complexity index is 2100. The van der Waals surface area contributed by atoms with Gasteiger partial charge in [-0.2, -0.15) is 10.5 Å². The van der Waals surface area contributed by atoms with Crippen molar-refractivity contribution in [3.63, 3.8) is 0 Å². The second kappa shape index (κ2) is 28.6. The van der Waals surface area contributed by atoms with Crippen molar-refractivity contribution in [2.24, 2.45) is 11.8 Å². The molecule has 0 atom stereocenters. The number of benzene rings is 4. The topological polar surface area (TPSA) is 131 Å². The second-order valence-corrected chi connectivity index (χ2v) is 17.0. The molecule has 0 radical (unpaired) electrons. The third-order valence-electron chi connectivity index (χ3n) is 11.8. The molecule has 2 N–H and O–H groups in total. The molecule has 2 fully saturated rings. The number of ether oxygens (including phenoxy) is 1. The van der Waals surface area contributed by atoms with Gasteiger partial charge in [0.25, 0.3) is 0 Å². The van der Waals surface area contributed by atoms with Gasteiger partial charge in [-0.3, -0.25) is 0 Å². The molecule has 6 rings (SSSR count). The van der Waals surface area contributed by atoms with Crippen LogP contribution in [0.2, 0.25) is 0 Å². The quantitative estimate of drug-likeness (QED) is 0.0449. The number of halogens is 6. The van der Waals surface area contributed by atoms with Crippen molar-refractivity contribution < 1.29 is 42.1 Å². The highest BCUT2D eigenvalue weighted by Crippen LogP contribution is 2.39. The minimum atomic E-state index is -1.05. The molecule has 0 heterocycles. The number of aromatic carboxylic acids is 1. The Morgan fingerprint density at radius 1 is 0.625 bits per heavy atom. The zero-order valence-corrected chi connectivity index (χ0v) is 38.1. The van der Waals surface area contributed by atoms with Crippen LogP contribution in [0.5, 0.6) is 11.5 Å². The smallest absolute Gasteiger partial charge is 0.343 e. The second-order valence-electron chi connectivity index (χ2n) is 16.2. The molecule has 2 aliphatic rings. The van der Waals surface area contributed by atoms with Crippen LogP contribution >= 0.6 is 23.2 Å². The predicted molar refractivity (Wildman–Crippen MR) is 243 cm³/mol. The van der Waals surface area contributed by atoms with E-state index in [-0.39, 0.29) is 11.1 Å². The Morgan fingerprint density at radius 2 is 0.984 bits per heavy atom. The van der Waals surface area contributed by atoms with E-state index in [1.165, 1.54) is 126 Å². The van der Waals surface area contributed by atoms with Gasteiger partial charge < -0.3 is 14.9 Å². The van der Waals surface area contributed by atoms with Crippen molar-refractivity contribution in [2.75, 3.05) is 5.34 Å². The summed E-state index contributed by atoms with van der Waals surface area (Å²) in [6.45, 7) is 4.50. The van der Waals surface area contributed by atoms with Gasteiger partial charge in [0.15, 0.2) is 0 Å². The first-order valence-electron chi connectivity index (χ1n) is 22.0. The molecular formula is C51H58Cl2F4N2O5. The van der Waals surface area contributed by atoms with Crippen molar-refractivity contribution in [3.8, 4) is 23.6 Å². The van der Waals surface area contributed by atoms with Crippen molar-refractivity contribution in [1.29, 1.82) is 10.5 Å². The number of phenols is 1. The largest absolute Gasteiger partial charge is 0.508 e. The molecule has 2 saturated carbocycles. The van der Waals surface area contributed by atoms with Crippen molar-refractivity contribution in [2.45, 2.75) is 128 Å². The fraction of sp³-hybridized carbons (Fsp3) is 0.451. The molecule has 0 unspecified atom stereocenters. The lowest BCUT2D eigenvalue weighted by atomic mass is 9.77. The summed E-state index contributed by atoms with van der Waals surface area (Å²) in [5.74, 6) is -3.61. The number of carboxylic acid groups (broad SMARTS) is 1. The Balaban J connectivity index is 0.000000274. The summed E-state index contributed by atoms with van der Waals surface area (Å²) in [5, 5.41) is 34.6. The first-order valence-corrected chi connectivity index (χ1v) is 23.1. The highest BCUT2D eigenvalue weighted by atomic mass is 35.5. The number of phenolic OH excluding ortho intramolecular Hbond substituents is 1. The third kappa shape index (κ3) is 17.5. The molecule has 0 amide bonds. The lowest BCUT2D eigenvalue weighted by molar-refractivity contribution is 0.0694. The average molecular weight is 926 g/mol. The Labute approximate surface area is 385 Å². The molecule has 4 aromatic rings. The van der Waals surface area contributed by atoms with Crippen molar-refractivity contribution >= 4 is 35.1 Å². The molecule has 0 saturated heterocycles. The van der Waals surface area contributed by atoms with Gasteiger partial charge in [-0.25, -0.2) is 27.2 Å². The van der Waals surface area contributed by atoms with Crippen LogP contribution in [-0.4, -0.2) is 27.5 Å². The molecule has 2 aliphatic carbocycles. The van der Waals surface area contributed by atoms with E-state index in [1.807, 2.05) is 24.3 Å². The summed E-state index contributed by atoms with van der Waals surface area (Å²) >= 11 is 9.53. The van der Waals surface area contributed by atoms with Crippen molar-refractivity contribution in [3.05, 3.63) is 129 Å². The van der Waals surface area contributed by atoms with E-state index in [0.29, 0.717) is 35.1 Å². The average Bonchev–Trinajstić information content (AvgIpc) is 3.28. The van der Waals surface area contributed by atoms with Crippen LogP contribution < -0.4 is 4.74 Å². The molecule has 0 aromatic heterocycles. The number of rotatable bonds is 13. The number of unbranched alkanes of at least 4 members (excludes halogenated alkanes) is 4. The van der Waals surface area contributed by atoms with Crippen LogP contribution in [0.1, 0.15) is 171 Å². The standard InChI is InChI=1S/C25H27F2NO2.C18H26O2.C7H3F2NO.CH2Cl2/c1-2-3-4-5-17-6-8-18(9-7-17)19-10-12-20(13-11-19)25(29)30-21-14-23(26)22(16-28)24(27)15-21;1-2-3-4-5-14-6-8-15(9-7-14)16-10-12-17(13-11-16)18(19)20;8-6-1-4(11)2-7(9)5(6)3-10;2-1-3/h10-15,17-18H,2-9H2,1H3;10-15H,2-9H2,1H3,(H,19,20);1-2,11H;1H2. The highest BCUT2D eigenvalue weighted by Gasteiger charge is 2.24. The number of alkyl halides is 2. The number of aromatic hydroxyl groups is 1. The fourth-order valence-electron chi connectivity index (χ4n) is 8.27. The van der Waals surface area contributed by atoms with Crippen LogP contribution in [0.15, 0.2) is 72.8 Å². The van der Waals surface area contributed by atoms with Gasteiger partial charge in [-0.1, -0.05) is 89.5 Å². The predicted octanol–water partition coefficient (Wildman–Crippen LogP) is 15.1. The summed E-state index contributed by atoms with van der Waals surface area (Å²) in [4.78, 5) is 23.2. The first kappa shape index (κ1) is 53.2. The Kier molecular flexibility index (Phi) is 23.8. The number of carbonyl (C=O) groups excluding carboxylic acids is 1. The number of hydrogen-bond donors (Lipinski definition) is 2. The van der Waals surface area contributed by atoms with E-state index in [1.54, 1.807) is 24.3 Å². The van der Waals surface area contributed by atoms with Gasteiger partial charge >= 0.3 is 11.9 Å². The van der Waals surface area contributed by atoms with E-state index in [0.717, 1.165) is 24.0 Å². The van der Waals surface area contributed by atoms with Gasteiger partial charge in [0.1, 0.15) is 58.0 Å². The lowest BCUT2D eigenvalue weighted by Crippen LogP contribution is -2.14. The molecule has 7 nitrogen and oxygen atoms in total. The van der Waals surface area contributed by atoms with Gasteiger partial charge in [0.05, 0.1) is 16.5 Å².